The molecule has 1 aliphatic rings. The quantitative estimate of drug-likeness (QED) is 0.460. The molecule has 1 aromatic heterocycles. The highest BCUT2D eigenvalue weighted by atomic mass is 32.2. The molecule has 0 N–H and O–H groups in total. The van der Waals surface area contributed by atoms with E-state index in [2.05, 4.69) is 10.2 Å². The van der Waals surface area contributed by atoms with E-state index in [1.807, 2.05) is 54.6 Å². The first-order valence-electron chi connectivity index (χ1n) is 10.1. The van der Waals surface area contributed by atoms with Crippen LogP contribution < -0.4 is 9.64 Å². The average molecular weight is 474 g/mol. The number of para-hydroxylation sites is 1. The van der Waals surface area contributed by atoms with Gasteiger partial charge in [-0.3, -0.25) is 4.79 Å². The number of nitrogens with zero attached hydrogens (tertiary/aromatic N) is 3. The number of aromatic nitrogens is 2. The smallest absolute Gasteiger partial charge is 0.277 e. The first-order chi connectivity index (χ1) is 15.4. The van der Waals surface area contributed by atoms with E-state index in [4.69, 9.17) is 9.15 Å². The molecule has 0 radical (unpaired) electrons. The van der Waals surface area contributed by atoms with Crippen molar-refractivity contribution in [3.05, 3.63) is 66.1 Å². The van der Waals surface area contributed by atoms with Crippen LogP contribution in [-0.2, 0) is 21.1 Å². The standard InChI is InChI=1S/C22H23N3O5S2/c1-29-19-9-7-16(8-10-19)13-20-23-24-22(30-20)31-14-21(26)25(17-5-3-2-4-6-17)18-11-12-32(27,28)15-18/h2-10,18H,11-15H2,1H3. The second-order valence-corrected chi connectivity index (χ2v) is 10.6. The highest BCUT2D eigenvalue weighted by Crippen LogP contribution is 2.27. The molecular weight excluding hydrogens is 450 g/mol. The maximum absolute atomic E-state index is 13.1. The molecule has 8 nitrogen and oxygen atoms in total. The minimum Gasteiger partial charge on any atom is -0.497 e. The van der Waals surface area contributed by atoms with E-state index in [0.29, 0.717) is 29.6 Å². The molecule has 2 aromatic carbocycles. The lowest BCUT2D eigenvalue weighted by Gasteiger charge is -2.28. The van der Waals surface area contributed by atoms with Gasteiger partial charge in [-0.1, -0.05) is 42.1 Å². The highest BCUT2D eigenvalue weighted by molar-refractivity contribution is 7.99. The second-order valence-electron chi connectivity index (χ2n) is 7.43. The number of thioether (sulfide) groups is 1. The Kier molecular flexibility index (Phi) is 6.80. The van der Waals surface area contributed by atoms with E-state index in [1.54, 1.807) is 12.0 Å². The van der Waals surface area contributed by atoms with E-state index < -0.39 is 9.84 Å². The fraction of sp³-hybridized carbons (Fsp3) is 0.318. The fourth-order valence-electron chi connectivity index (χ4n) is 3.61. The van der Waals surface area contributed by atoms with Gasteiger partial charge in [0.1, 0.15) is 5.75 Å². The number of anilines is 1. The zero-order chi connectivity index (χ0) is 22.6. The van der Waals surface area contributed by atoms with Crippen LogP contribution in [0.2, 0.25) is 0 Å². The molecule has 1 unspecified atom stereocenters. The third-order valence-electron chi connectivity index (χ3n) is 5.16. The number of amides is 1. The van der Waals surface area contributed by atoms with Gasteiger partial charge in [0.25, 0.3) is 5.22 Å². The number of hydrogen-bond acceptors (Lipinski definition) is 8. The van der Waals surface area contributed by atoms with Crippen molar-refractivity contribution in [3.63, 3.8) is 0 Å². The number of methoxy groups -OCH3 is 1. The van der Waals surface area contributed by atoms with Crippen LogP contribution in [0, 0.1) is 0 Å². The Labute approximate surface area is 190 Å². The molecule has 0 saturated carbocycles. The highest BCUT2D eigenvalue weighted by Gasteiger charge is 2.35. The number of hydrogen-bond donors (Lipinski definition) is 0. The molecule has 2 heterocycles. The molecule has 0 bridgehead atoms. The Balaban J connectivity index is 1.41. The van der Waals surface area contributed by atoms with Crippen LogP contribution in [0.25, 0.3) is 0 Å². The Bertz CT molecular complexity index is 1160. The summed E-state index contributed by atoms with van der Waals surface area (Å²) in [5, 5.41) is 8.38. The second kappa shape index (κ2) is 9.74. The van der Waals surface area contributed by atoms with Gasteiger partial charge in [0, 0.05) is 5.69 Å². The summed E-state index contributed by atoms with van der Waals surface area (Å²) >= 11 is 1.15. The SMILES string of the molecule is COc1ccc(Cc2nnc(SCC(=O)N(c3ccccc3)C3CCS(=O)(=O)C3)o2)cc1. The Morgan fingerprint density at radius 1 is 1.16 bits per heavy atom. The van der Waals surface area contributed by atoms with Gasteiger partial charge in [0.2, 0.25) is 11.8 Å². The normalized spacial score (nSPS) is 17.2. The van der Waals surface area contributed by atoms with Crippen LogP contribution in [0.4, 0.5) is 5.69 Å². The van der Waals surface area contributed by atoms with Gasteiger partial charge in [0.15, 0.2) is 9.84 Å². The molecule has 1 amide bonds. The number of ether oxygens (including phenoxy) is 1. The van der Waals surface area contributed by atoms with Gasteiger partial charge in [-0.25, -0.2) is 8.42 Å². The van der Waals surface area contributed by atoms with Gasteiger partial charge in [-0.2, -0.15) is 0 Å². The van der Waals surface area contributed by atoms with Crippen molar-refractivity contribution in [1.82, 2.24) is 10.2 Å². The first kappa shape index (κ1) is 22.3. The molecule has 0 spiro atoms. The lowest BCUT2D eigenvalue weighted by molar-refractivity contribution is -0.116. The summed E-state index contributed by atoms with van der Waals surface area (Å²) < 4.78 is 34.8. The summed E-state index contributed by atoms with van der Waals surface area (Å²) in [6, 6.07) is 16.3. The third kappa shape index (κ3) is 5.49. The van der Waals surface area contributed by atoms with Crippen molar-refractivity contribution < 1.29 is 22.4 Å². The summed E-state index contributed by atoms with van der Waals surface area (Å²) in [4.78, 5) is 14.7. The molecule has 1 atom stereocenters. The monoisotopic (exact) mass is 473 g/mol. The third-order valence-corrected chi connectivity index (χ3v) is 7.71. The maximum atomic E-state index is 13.1. The van der Waals surface area contributed by atoms with Crippen molar-refractivity contribution >= 4 is 33.2 Å². The Hall–Kier alpha value is -2.85. The minimum atomic E-state index is -3.13. The largest absolute Gasteiger partial charge is 0.497 e. The fourth-order valence-corrected chi connectivity index (χ4v) is 5.94. The summed E-state index contributed by atoms with van der Waals surface area (Å²) in [6.45, 7) is 0. The Morgan fingerprint density at radius 3 is 2.56 bits per heavy atom. The lowest BCUT2D eigenvalue weighted by atomic mass is 10.1. The zero-order valence-electron chi connectivity index (χ0n) is 17.5. The molecule has 3 aromatic rings. The van der Waals surface area contributed by atoms with Gasteiger partial charge in [0.05, 0.1) is 36.8 Å². The van der Waals surface area contributed by atoms with Gasteiger partial charge >= 0.3 is 0 Å². The molecule has 32 heavy (non-hydrogen) atoms. The molecule has 10 heteroatoms. The van der Waals surface area contributed by atoms with E-state index in [0.717, 1.165) is 23.1 Å². The van der Waals surface area contributed by atoms with Crippen LogP contribution in [0.5, 0.6) is 5.75 Å². The summed E-state index contributed by atoms with van der Waals surface area (Å²) in [6.07, 6.45) is 0.905. The molecule has 1 aliphatic heterocycles. The van der Waals surface area contributed by atoms with Crippen LogP contribution in [-0.4, -0.2) is 54.9 Å². The van der Waals surface area contributed by atoms with Gasteiger partial charge < -0.3 is 14.1 Å². The van der Waals surface area contributed by atoms with Gasteiger partial charge in [-0.05, 0) is 36.2 Å². The zero-order valence-corrected chi connectivity index (χ0v) is 19.1. The molecular formula is C22H23N3O5S2. The number of benzene rings is 2. The molecule has 168 valence electrons. The van der Waals surface area contributed by atoms with Crippen molar-refractivity contribution in [1.29, 1.82) is 0 Å². The minimum absolute atomic E-state index is 0.0229. The maximum Gasteiger partial charge on any atom is 0.277 e. The predicted octanol–water partition coefficient (Wildman–Crippen LogP) is 2.98. The van der Waals surface area contributed by atoms with Crippen molar-refractivity contribution in [3.8, 4) is 5.75 Å². The molecule has 4 rings (SSSR count). The Morgan fingerprint density at radius 2 is 1.91 bits per heavy atom. The van der Waals surface area contributed by atoms with Crippen molar-refractivity contribution in [2.45, 2.75) is 24.1 Å². The van der Waals surface area contributed by atoms with Crippen LogP contribution in [0.3, 0.4) is 0 Å². The van der Waals surface area contributed by atoms with Crippen molar-refractivity contribution in [2.75, 3.05) is 29.3 Å². The van der Waals surface area contributed by atoms with E-state index in [-0.39, 0.29) is 29.2 Å². The first-order valence-corrected chi connectivity index (χ1v) is 12.9. The van der Waals surface area contributed by atoms with E-state index in [1.165, 1.54) is 0 Å². The summed E-state index contributed by atoms with van der Waals surface area (Å²) in [5.74, 6) is 1.16. The summed E-state index contributed by atoms with van der Waals surface area (Å²) in [5.41, 5.74) is 1.69. The number of carbonyl (C=O) groups excluding carboxylic acids is 1. The van der Waals surface area contributed by atoms with Crippen molar-refractivity contribution in [2.24, 2.45) is 0 Å². The summed E-state index contributed by atoms with van der Waals surface area (Å²) in [7, 11) is -1.52. The van der Waals surface area contributed by atoms with E-state index in [9.17, 15) is 13.2 Å². The average Bonchev–Trinajstić information content (AvgIpc) is 3.39. The predicted molar refractivity (Wildman–Crippen MR) is 122 cm³/mol. The van der Waals surface area contributed by atoms with E-state index >= 15 is 0 Å². The number of sulfone groups is 1. The molecule has 1 fully saturated rings. The molecule has 0 aliphatic carbocycles. The number of rotatable bonds is 8. The topological polar surface area (TPSA) is 103 Å². The molecule has 1 saturated heterocycles. The van der Waals surface area contributed by atoms with Crippen LogP contribution in [0.1, 0.15) is 17.9 Å². The number of carbonyl (C=O) groups is 1. The van der Waals surface area contributed by atoms with Gasteiger partial charge in [-0.15, -0.1) is 10.2 Å². The van der Waals surface area contributed by atoms with Crippen LogP contribution in [0.15, 0.2) is 64.2 Å². The lowest BCUT2D eigenvalue weighted by Crippen LogP contribution is -2.42. The van der Waals surface area contributed by atoms with Crippen LogP contribution >= 0.6 is 11.8 Å².